The zero-order chi connectivity index (χ0) is 13.8. The van der Waals surface area contributed by atoms with Crippen LogP contribution in [-0.2, 0) is 0 Å². The maximum absolute atomic E-state index is 12.7. The first-order valence-electron chi connectivity index (χ1n) is 6.82. The molecule has 0 aliphatic carbocycles. The molecule has 2 atom stereocenters. The molecule has 2 unspecified atom stereocenters. The highest BCUT2D eigenvalue weighted by atomic mass is 79.9. The number of halogens is 1. The first kappa shape index (κ1) is 14.5. The van der Waals surface area contributed by atoms with E-state index in [9.17, 15) is 4.79 Å². The SMILES string of the molecule is CCC1CN(C(=O)c2ncccc2Br)C(CC)CN1. The normalized spacial score (nSPS) is 23.4. The van der Waals surface area contributed by atoms with Crippen molar-refractivity contribution in [3.8, 4) is 0 Å². The monoisotopic (exact) mass is 325 g/mol. The third-order valence-electron chi connectivity index (χ3n) is 3.69. The topological polar surface area (TPSA) is 45.2 Å². The van der Waals surface area contributed by atoms with Crippen molar-refractivity contribution >= 4 is 21.8 Å². The van der Waals surface area contributed by atoms with Crippen LogP contribution >= 0.6 is 15.9 Å². The molecule has 0 spiro atoms. The number of carbonyl (C=O) groups excluding carboxylic acids is 1. The average Bonchev–Trinajstić information content (AvgIpc) is 2.46. The lowest BCUT2D eigenvalue weighted by molar-refractivity contribution is 0.0569. The number of carbonyl (C=O) groups is 1. The smallest absolute Gasteiger partial charge is 0.273 e. The van der Waals surface area contributed by atoms with Gasteiger partial charge in [-0.2, -0.15) is 0 Å². The third-order valence-corrected chi connectivity index (χ3v) is 4.33. The molecule has 0 aromatic carbocycles. The van der Waals surface area contributed by atoms with Gasteiger partial charge in [-0.15, -0.1) is 0 Å². The maximum Gasteiger partial charge on any atom is 0.273 e. The molecule has 1 N–H and O–H groups in total. The van der Waals surface area contributed by atoms with Gasteiger partial charge in [-0.05, 0) is 40.9 Å². The van der Waals surface area contributed by atoms with Crippen molar-refractivity contribution in [2.45, 2.75) is 38.8 Å². The summed E-state index contributed by atoms with van der Waals surface area (Å²) in [5, 5.41) is 3.49. The van der Waals surface area contributed by atoms with E-state index in [0.29, 0.717) is 11.7 Å². The van der Waals surface area contributed by atoms with E-state index in [4.69, 9.17) is 0 Å². The van der Waals surface area contributed by atoms with E-state index in [0.717, 1.165) is 30.4 Å². The van der Waals surface area contributed by atoms with Crippen LogP contribution in [0.4, 0.5) is 0 Å². The lowest BCUT2D eigenvalue weighted by Gasteiger charge is -2.39. The Bertz CT molecular complexity index is 452. The highest BCUT2D eigenvalue weighted by Gasteiger charge is 2.31. The molecule has 1 amide bonds. The lowest BCUT2D eigenvalue weighted by Crippen LogP contribution is -2.58. The second kappa shape index (κ2) is 6.48. The van der Waals surface area contributed by atoms with Crippen molar-refractivity contribution in [2.24, 2.45) is 0 Å². The number of nitrogens with one attached hydrogen (secondary N) is 1. The Morgan fingerprint density at radius 1 is 1.53 bits per heavy atom. The maximum atomic E-state index is 12.7. The average molecular weight is 326 g/mol. The Labute approximate surface area is 122 Å². The van der Waals surface area contributed by atoms with Crippen LogP contribution in [0.2, 0.25) is 0 Å². The fourth-order valence-corrected chi connectivity index (χ4v) is 2.85. The van der Waals surface area contributed by atoms with Gasteiger partial charge in [-0.3, -0.25) is 4.79 Å². The Hall–Kier alpha value is -0.940. The Morgan fingerprint density at radius 2 is 2.32 bits per heavy atom. The number of aromatic nitrogens is 1. The standard InChI is InChI=1S/C14H20BrN3O/c1-3-10-9-18(11(4-2)8-17-10)14(19)13-12(15)6-5-7-16-13/h5-7,10-11,17H,3-4,8-9H2,1-2H3. The fourth-order valence-electron chi connectivity index (χ4n) is 2.43. The van der Waals surface area contributed by atoms with Gasteiger partial charge in [0.15, 0.2) is 0 Å². The summed E-state index contributed by atoms with van der Waals surface area (Å²) >= 11 is 3.41. The van der Waals surface area contributed by atoms with E-state index in [1.807, 2.05) is 17.0 Å². The molecule has 0 bridgehead atoms. The minimum atomic E-state index is 0.0271. The molecule has 4 nitrogen and oxygen atoms in total. The Kier molecular flexibility index (Phi) is 4.93. The molecular weight excluding hydrogens is 306 g/mol. The number of nitrogens with zero attached hydrogens (tertiary/aromatic N) is 2. The van der Waals surface area contributed by atoms with E-state index in [-0.39, 0.29) is 11.9 Å². The van der Waals surface area contributed by atoms with Gasteiger partial charge in [-0.25, -0.2) is 4.98 Å². The summed E-state index contributed by atoms with van der Waals surface area (Å²) in [5.74, 6) is 0.0271. The van der Waals surface area contributed by atoms with Gasteiger partial charge in [0.05, 0.1) is 0 Å². The summed E-state index contributed by atoms with van der Waals surface area (Å²) < 4.78 is 0.765. The van der Waals surface area contributed by atoms with Gasteiger partial charge in [0.1, 0.15) is 5.69 Å². The van der Waals surface area contributed by atoms with Gasteiger partial charge in [0, 0.05) is 35.8 Å². The van der Waals surface area contributed by atoms with Gasteiger partial charge in [-0.1, -0.05) is 13.8 Å². The van der Waals surface area contributed by atoms with E-state index in [2.05, 4.69) is 40.1 Å². The quantitative estimate of drug-likeness (QED) is 0.928. The number of rotatable bonds is 3. The van der Waals surface area contributed by atoms with Gasteiger partial charge in [0.2, 0.25) is 0 Å². The van der Waals surface area contributed by atoms with Gasteiger partial charge < -0.3 is 10.2 Å². The van der Waals surface area contributed by atoms with Crippen LogP contribution in [0.15, 0.2) is 22.8 Å². The van der Waals surface area contributed by atoms with Crippen LogP contribution in [0.25, 0.3) is 0 Å². The second-order valence-corrected chi connectivity index (χ2v) is 5.72. The molecule has 2 heterocycles. The summed E-state index contributed by atoms with van der Waals surface area (Å²) in [6.07, 6.45) is 3.65. The zero-order valence-electron chi connectivity index (χ0n) is 11.4. The number of pyridine rings is 1. The molecule has 0 saturated carbocycles. The van der Waals surface area contributed by atoms with Crippen LogP contribution in [0.3, 0.4) is 0 Å². The number of piperazine rings is 1. The molecule has 1 aromatic heterocycles. The molecule has 1 aromatic rings. The first-order chi connectivity index (χ1) is 9.17. The van der Waals surface area contributed by atoms with E-state index >= 15 is 0 Å². The summed E-state index contributed by atoms with van der Waals surface area (Å²) in [6, 6.07) is 4.32. The summed E-state index contributed by atoms with van der Waals surface area (Å²) in [7, 11) is 0. The number of amides is 1. The fraction of sp³-hybridized carbons (Fsp3) is 0.571. The van der Waals surface area contributed by atoms with Crippen LogP contribution in [0.1, 0.15) is 37.2 Å². The summed E-state index contributed by atoms with van der Waals surface area (Å²) in [4.78, 5) is 18.8. The number of hydrogen-bond donors (Lipinski definition) is 1. The van der Waals surface area contributed by atoms with Crippen molar-refractivity contribution in [3.05, 3.63) is 28.5 Å². The molecule has 1 aliphatic rings. The van der Waals surface area contributed by atoms with Gasteiger partial charge >= 0.3 is 0 Å². The zero-order valence-corrected chi connectivity index (χ0v) is 13.0. The van der Waals surface area contributed by atoms with Crippen LogP contribution in [-0.4, -0.2) is 41.0 Å². The van der Waals surface area contributed by atoms with Crippen LogP contribution < -0.4 is 5.32 Å². The predicted molar refractivity (Wildman–Crippen MR) is 79.1 cm³/mol. The Balaban J connectivity index is 2.22. The molecule has 1 aliphatic heterocycles. The van der Waals surface area contributed by atoms with E-state index in [1.165, 1.54) is 0 Å². The van der Waals surface area contributed by atoms with Crippen molar-refractivity contribution in [1.29, 1.82) is 0 Å². The van der Waals surface area contributed by atoms with Crippen molar-refractivity contribution in [2.75, 3.05) is 13.1 Å². The summed E-state index contributed by atoms with van der Waals surface area (Å²) in [6.45, 7) is 5.89. The lowest BCUT2D eigenvalue weighted by atomic mass is 10.0. The summed E-state index contributed by atoms with van der Waals surface area (Å²) in [5.41, 5.74) is 0.512. The van der Waals surface area contributed by atoms with E-state index < -0.39 is 0 Å². The largest absolute Gasteiger partial charge is 0.331 e. The highest BCUT2D eigenvalue weighted by molar-refractivity contribution is 9.10. The minimum absolute atomic E-state index is 0.0271. The Morgan fingerprint density at radius 3 is 2.95 bits per heavy atom. The van der Waals surface area contributed by atoms with Gasteiger partial charge in [0.25, 0.3) is 5.91 Å². The number of hydrogen-bond acceptors (Lipinski definition) is 3. The van der Waals surface area contributed by atoms with Crippen molar-refractivity contribution < 1.29 is 4.79 Å². The highest BCUT2D eigenvalue weighted by Crippen LogP contribution is 2.20. The van der Waals surface area contributed by atoms with E-state index in [1.54, 1.807) is 6.20 Å². The molecule has 104 valence electrons. The van der Waals surface area contributed by atoms with Crippen molar-refractivity contribution in [1.82, 2.24) is 15.2 Å². The van der Waals surface area contributed by atoms with Crippen LogP contribution in [0.5, 0.6) is 0 Å². The molecule has 2 rings (SSSR count). The van der Waals surface area contributed by atoms with Crippen molar-refractivity contribution in [3.63, 3.8) is 0 Å². The predicted octanol–water partition coefficient (Wildman–Crippen LogP) is 2.45. The second-order valence-electron chi connectivity index (χ2n) is 4.87. The third kappa shape index (κ3) is 3.15. The first-order valence-corrected chi connectivity index (χ1v) is 7.61. The van der Waals surface area contributed by atoms with Crippen LogP contribution in [0, 0.1) is 0 Å². The minimum Gasteiger partial charge on any atom is -0.331 e. The molecule has 19 heavy (non-hydrogen) atoms. The molecule has 1 saturated heterocycles. The molecule has 0 radical (unpaired) electrons. The molecule has 5 heteroatoms. The molecular formula is C14H20BrN3O. The molecule has 1 fully saturated rings.